The second-order valence-corrected chi connectivity index (χ2v) is 7.50. The minimum absolute atomic E-state index is 0.124. The molecule has 0 atom stereocenters. The predicted molar refractivity (Wildman–Crippen MR) is 127 cm³/mol. The molecule has 0 saturated carbocycles. The Balaban J connectivity index is 4.82. The van der Waals surface area contributed by atoms with Crippen LogP contribution in [-0.2, 0) is 52.4 Å². The number of carbonyl (C=O) groups excluding carboxylic acids is 6. The van der Waals surface area contributed by atoms with Crippen molar-refractivity contribution in [2.45, 2.75) is 38.7 Å². The Kier molecular flexibility index (Phi) is 16.1. The van der Waals surface area contributed by atoms with Gasteiger partial charge in [0, 0.05) is 12.1 Å². The molecule has 0 radical (unpaired) electrons. The second kappa shape index (κ2) is 18.2. The van der Waals surface area contributed by atoms with Crippen molar-refractivity contribution in [2.75, 3.05) is 40.6 Å². The van der Waals surface area contributed by atoms with E-state index in [1.54, 1.807) is 0 Å². The molecule has 0 fully saturated rings. The molecule has 0 aliphatic carbocycles. The van der Waals surface area contributed by atoms with Crippen molar-refractivity contribution < 1.29 is 57.2 Å². The molecule has 0 aromatic carbocycles. The lowest BCUT2D eigenvalue weighted by Gasteiger charge is -2.17. The van der Waals surface area contributed by atoms with Crippen LogP contribution in [-0.4, -0.2) is 82.6 Å². The van der Waals surface area contributed by atoms with Gasteiger partial charge >= 0.3 is 35.9 Å². The second-order valence-electron chi connectivity index (χ2n) is 7.50. The lowest BCUT2D eigenvalue weighted by Crippen LogP contribution is -2.33. The number of esters is 5. The van der Waals surface area contributed by atoms with Crippen LogP contribution in [0.4, 0.5) is 4.79 Å². The van der Waals surface area contributed by atoms with Crippen LogP contribution in [0.5, 0.6) is 0 Å². The Bertz CT molecular complexity index is 846. The summed E-state index contributed by atoms with van der Waals surface area (Å²) in [6.45, 7) is 11.2. The summed E-state index contributed by atoms with van der Waals surface area (Å²) in [6, 6.07) is 0. The Hall–Kier alpha value is -4.16. The Morgan fingerprint density at radius 2 is 1.22 bits per heavy atom. The van der Waals surface area contributed by atoms with E-state index >= 15 is 0 Å². The van der Waals surface area contributed by atoms with E-state index in [2.05, 4.69) is 34.5 Å². The number of ether oxygens (including phenoxy) is 6. The third kappa shape index (κ3) is 15.4. The maximum Gasteiger partial charge on any atom is 0.407 e. The third-order valence-corrected chi connectivity index (χ3v) is 4.25. The first-order valence-electron chi connectivity index (χ1n) is 11.0. The van der Waals surface area contributed by atoms with E-state index in [1.165, 1.54) is 6.92 Å². The maximum atomic E-state index is 12.2. The van der Waals surface area contributed by atoms with Gasteiger partial charge in [0.05, 0.1) is 44.8 Å². The molecule has 1 amide bonds. The van der Waals surface area contributed by atoms with Crippen LogP contribution < -0.4 is 5.32 Å². The summed E-state index contributed by atoms with van der Waals surface area (Å²) in [5, 5.41) is 2.44. The van der Waals surface area contributed by atoms with Crippen molar-refractivity contribution >= 4 is 35.9 Å². The zero-order valence-electron chi connectivity index (χ0n) is 21.3. The van der Waals surface area contributed by atoms with E-state index in [0.29, 0.717) is 12.8 Å². The van der Waals surface area contributed by atoms with Gasteiger partial charge in [-0.25, -0.2) is 19.2 Å². The molecular formula is C24H33NO12. The number of rotatable bonds is 17. The predicted octanol–water partition coefficient (Wildman–Crippen LogP) is 1.31. The van der Waals surface area contributed by atoms with Gasteiger partial charge in [0.1, 0.15) is 19.3 Å². The quantitative estimate of drug-likeness (QED) is 0.125. The number of amides is 1. The fraction of sp³-hybridized carbons (Fsp3) is 0.500. The first kappa shape index (κ1) is 32.8. The van der Waals surface area contributed by atoms with Crippen molar-refractivity contribution in [3.8, 4) is 0 Å². The fourth-order valence-electron chi connectivity index (χ4n) is 2.29. The van der Waals surface area contributed by atoms with Crippen molar-refractivity contribution in [1.29, 1.82) is 0 Å². The molecule has 0 aliphatic heterocycles. The zero-order chi connectivity index (χ0) is 28.4. The smallest absolute Gasteiger partial charge is 0.407 e. The number of hydrogen-bond acceptors (Lipinski definition) is 12. The molecule has 37 heavy (non-hydrogen) atoms. The molecule has 0 unspecified atom stereocenters. The van der Waals surface area contributed by atoms with Gasteiger partial charge in [0.2, 0.25) is 0 Å². The number of hydrogen-bond donors (Lipinski definition) is 1. The van der Waals surface area contributed by atoms with Crippen molar-refractivity contribution in [2.24, 2.45) is 0 Å². The molecule has 0 aromatic rings. The number of carbonyl (C=O) groups is 6. The van der Waals surface area contributed by atoms with Crippen LogP contribution in [0.25, 0.3) is 0 Å². The molecule has 0 rings (SSSR count). The highest BCUT2D eigenvalue weighted by Gasteiger charge is 2.24. The summed E-state index contributed by atoms with van der Waals surface area (Å²) in [6.07, 6.45) is -2.43. The molecular weight excluding hydrogens is 494 g/mol. The van der Waals surface area contributed by atoms with Crippen LogP contribution in [0.3, 0.4) is 0 Å². The van der Waals surface area contributed by atoms with Crippen LogP contribution >= 0.6 is 0 Å². The maximum absolute atomic E-state index is 12.2. The molecule has 13 nitrogen and oxygen atoms in total. The highest BCUT2D eigenvalue weighted by molar-refractivity contribution is 5.89. The number of alkyl carbamates (subject to hydrolysis) is 1. The van der Waals surface area contributed by atoms with Gasteiger partial charge in [-0.2, -0.15) is 0 Å². The van der Waals surface area contributed by atoms with Crippen LogP contribution in [0.2, 0.25) is 0 Å². The molecule has 0 saturated heterocycles. The topological polar surface area (TPSA) is 170 Å². The summed E-state index contributed by atoms with van der Waals surface area (Å²) in [4.78, 5) is 70.5. The van der Waals surface area contributed by atoms with Gasteiger partial charge in [0.25, 0.3) is 0 Å². The van der Waals surface area contributed by atoms with E-state index in [0.717, 1.165) is 14.2 Å². The molecule has 1 N–H and O–H groups in total. The molecule has 0 heterocycles. The van der Waals surface area contributed by atoms with Gasteiger partial charge in [-0.1, -0.05) is 19.7 Å². The van der Waals surface area contributed by atoms with Crippen molar-refractivity contribution in [3.63, 3.8) is 0 Å². The minimum atomic E-state index is -1.30. The molecule has 0 aliphatic rings. The first-order chi connectivity index (χ1) is 17.4. The number of methoxy groups -OCH3 is 2. The lowest BCUT2D eigenvalue weighted by atomic mass is 10.2. The Morgan fingerprint density at radius 1 is 0.730 bits per heavy atom. The Morgan fingerprint density at radius 3 is 1.65 bits per heavy atom. The number of unbranched alkanes of at least 4 members (excludes halogenated alkanes) is 1. The van der Waals surface area contributed by atoms with E-state index in [1.807, 2.05) is 0 Å². The van der Waals surface area contributed by atoms with E-state index in [-0.39, 0.29) is 29.9 Å². The van der Waals surface area contributed by atoms with E-state index < -0.39 is 68.1 Å². The summed E-state index contributed by atoms with van der Waals surface area (Å²) in [7, 11) is 2.26. The molecule has 0 aromatic heterocycles. The minimum Gasteiger partial charge on any atom is -0.466 e. The lowest BCUT2D eigenvalue weighted by molar-refractivity contribution is -0.149. The Labute approximate surface area is 214 Å². The average molecular weight is 528 g/mol. The van der Waals surface area contributed by atoms with Gasteiger partial charge in [-0.3, -0.25) is 9.59 Å². The molecule has 206 valence electrons. The van der Waals surface area contributed by atoms with Crippen LogP contribution in [0, 0.1) is 0 Å². The summed E-state index contributed by atoms with van der Waals surface area (Å²) in [5.74, 6) is -3.85. The molecule has 13 heteroatoms. The van der Waals surface area contributed by atoms with E-state index in [4.69, 9.17) is 18.9 Å². The van der Waals surface area contributed by atoms with Gasteiger partial charge in [0.15, 0.2) is 0 Å². The standard InChI is InChI=1S/C24H33NO12/c1-15(2)21(28)34-10-8-7-9-25-24(31)37-18(11-19(26)35-13-16(3)22(29)32-5)12-20(27)36-14-17(4)23(30)33-6/h18H,1,3-4,7-14H2,2,5-6H3,(H,25,31). The number of nitrogens with one attached hydrogen (secondary N) is 1. The first-order valence-corrected chi connectivity index (χ1v) is 11.0. The van der Waals surface area contributed by atoms with Crippen molar-refractivity contribution in [1.82, 2.24) is 5.32 Å². The fourth-order valence-corrected chi connectivity index (χ4v) is 2.29. The summed E-state index contributed by atoms with van der Waals surface area (Å²) < 4.78 is 28.8. The molecule has 0 spiro atoms. The van der Waals surface area contributed by atoms with Gasteiger partial charge < -0.3 is 33.7 Å². The third-order valence-electron chi connectivity index (χ3n) is 4.25. The summed E-state index contributed by atoms with van der Waals surface area (Å²) >= 11 is 0. The largest absolute Gasteiger partial charge is 0.466 e. The average Bonchev–Trinajstić information content (AvgIpc) is 2.86. The molecule has 0 bridgehead atoms. The normalized spacial score (nSPS) is 9.95. The van der Waals surface area contributed by atoms with Gasteiger partial charge in [-0.15, -0.1) is 0 Å². The van der Waals surface area contributed by atoms with Crippen LogP contribution in [0.1, 0.15) is 32.6 Å². The SMILES string of the molecule is C=C(C)C(=O)OCCCCNC(=O)OC(CC(=O)OCC(=C)C(=O)OC)CC(=O)OCC(=C)C(=O)OC. The van der Waals surface area contributed by atoms with E-state index in [9.17, 15) is 28.8 Å². The highest BCUT2D eigenvalue weighted by Crippen LogP contribution is 2.10. The summed E-state index contributed by atoms with van der Waals surface area (Å²) in [5.41, 5.74) is 0.0236. The monoisotopic (exact) mass is 527 g/mol. The highest BCUT2D eigenvalue weighted by atomic mass is 16.6. The van der Waals surface area contributed by atoms with Crippen LogP contribution in [0.15, 0.2) is 36.5 Å². The zero-order valence-corrected chi connectivity index (χ0v) is 21.3. The van der Waals surface area contributed by atoms with Gasteiger partial charge in [-0.05, 0) is 19.8 Å². The van der Waals surface area contributed by atoms with Crippen molar-refractivity contribution in [3.05, 3.63) is 36.5 Å².